The molecule has 0 bridgehead atoms. The van der Waals surface area contributed by atoms with E-state index in [1.165, 1.54) is 0 Å². The van der Waals surface area contributed by atoms with Gasteiger partial charge in [0.15, 0.2) is 11.1 Å². The molecule has 0 aromatic carbocycles. The maximum Gasteiger partial charge on any atom is 0.237 e. The highest BCUT2D eigenvalue weighted by atomic mass is 32.2. The van der Waals surface area contributed by atoms with E-state index in [2.05, 4.69) is 15.5 Å². The lowest BCUT2D eigenvalue weighted by Gasteiger charge is -2.12. The first-order chi connectivity index (χ1) is 9.18. The zero-order valence-electron chi connectivity index (χ0n) is 11.6. The monoisotopic (exact) mass is 298 g/mol. The van der Waals surface area contributed by atoms with E-state index >= 15 is 0 Å². The molecule has 0 unspecified atom stereocenters. The summed E-state index contributed by atoms with van der Waals surface area (Å²) in [5, 5.41) is 13.7. The fourth-order valence-corrected chi connectivity index (χ4v) is 1.65. The van der Waals surface area contributed by atoms with Crippen LogP contribution in [0.4, 0.5) is 5.88 Å². The van der Waals surface area contributed by atoms with Gasteiger partial charge in [-0.05, 0) is 0 Å². The zero-order chi connectivity index (χ0) is 15.3. The number of rotatable bonds is 3. The van der Waals surface area contributed by atoms with Crippen LogP contribution in [0.15, 0.2) is 15.6 Å². The molecule has 9 heteroatoms. The molecule has 6 N–H and O–H groups in total. The molecule has 0 saturated heterocycles. The van der Waals surface area contributed by atoms with Gasteiger partial charge >= 0.3 is 0 Å². The van der Waals surface area contributed by atoms with E-state index in [0.717, 1.165) is 17.5 Å². The Morgan fingerprint density at radius 3 is 2.70 bits per heavy atom. The largest absolute Gasteiger partial charge is 0.370 e. The topological polar surface area (TPSA) is 143 Å². The molecule has 0 spiro atoms. The van der Waals surface area contributed by atoms with Gasteiger partial charge in [-0.1, -0.05) is 37.7 Å². The van der Waals surface area contributed by atoms with Crippen LogP contribution in [0.1, 0.15) is 26.5 Å². The van der Waals surface area contributed by atoms with Crippen LogP contribution in [-0.4, -0.2) is 27.9 Å². The number of thioether (sulfide) groups is 1. The summed E-state index contributed by atoms with van der Waals surface area (Å²) < 4.78 is 5.02. The molecule has 1 rings (SSSR count). The van der Waals surface area contributed by atoms with Crippen LogP contribution in [-0.2, 0) is 10.2 Å². The number of aromatic nitrogens is 1. The van der Waals surface area contributed by atoms with Gasteiger partial charge in [0, 0.05) is 11.5 Å². The molecule has 0 aliphatic rings. The van der Waals surface area contributed by atoms with Crippen molar-refractivity contribution in [1.29, 1.82) is 5.41 Å². The van der Waals surface area contributed by atoms with Gasteiger partial charge < -0.3 is 16.0 Å². The van der Waals surface area contributed by atoms with Crippen molar-refractivity contribution in [3.8, 4) is 0 Å². The van der Waals surface area contributed by atoms with E-state index in [4.69, 9.17) is 21.4 Å². The lowest BCUT2D eigenvalue weighted by molar-refractivity contribution is -0.113. The van der Waals surface area contributed by atoms with Crippen molar-refractivity contribution in [3.63, 3.8) is 0 Å². The van der Waals surface area contributed by atoms with E-state index in [1.54, 1.807) is 6.07 Å². The summed E-state index contributed by atoms with van der Waals surface area (Å²) in [6.07, 6.45) is 0. The summed E-state index contributed by atoms with van der Waals surface area (Å²) >= 11 is 0.906. The number of guanidine groups is 1. The number of nitrogens with zero attached hydrogens (tertiary/aromatic N) is 2. The number of hydrogen-bond acceptors (Lipinski definition) is 5. The second-order valence-electron chi connectivity index (χ2n) is 5.01. The average Bonchev–Trinajstić information content (AvgIpc) is 2.73. The van der Waals surface area contributed by atoms with Gasteiger partial charge in [0.25, 0.3) is 0 Å². The van der Waals surface area contributed by atoms with E-state index in [1.807, 2.05) is 20.8 Å². The molecule has 0 radical (unpaired) electrons. The number of nitrogens with two attached hydrogens (primary N) is 2. The first kappa shape index (κ1) is 16.0. The highest BCUT2D eigenvalue weighted by molar-refractivity contribution is 8.14. The molecule has 1 aromatic rings. The fraction of sp³-hybridized carbons (Fsp3) is 0.455. The van der Waals surface area contributed by atoms with Gasteiger partial charge in [-0.3, -0.25) is 15.5 Å². The summed E-state index contributed by atoms with van der Waals surface area (Å²) in [4.78, 5) is 15.1. The SMILES string of the molecule is CC(C)(C)c1cc(NC(=O)CSC(=N)N=C(N)N)on1. The molecule has 20 heavy (non-hydrogen) atoms. The molecule has 110 valence electrons. The highest BCUT2D eigenvalue weighted by Gasteiger charge is 2.19. The number of hydrogen-bond donors (Lipinski definition) is 4. The molecule has 0 saturated carbocycles. The summed E-state index contributed by atoms with van der Waals surface area (Å²) in [6.45, 7) is 5.97. The maximum atomic E-state index is 11.6. The van der Waals surface area contributed by atoms with Crippen molar-refractivity contribution in [1.82, 2.24) is 5.16 Å². The Hall–Kier alpha value is -2.03. The van der Waals surface area contributed by atoms with Gasteiger partial charge in [-0.25, -0.2) is 0 Å². The Morgan fingerprint density at radius 1 is 1.55 bits per heavy atom. The van der Waals surface area contributed by atoms with E-state index in [9.17, 15) is 4.79 Å². The molecule has 0 atom stereocenters. The second kappa shape index (κ2) is 6.42. The van der Waals surface area contributed by atoms with Crippen molar-refractivity contribution in [2.45, 2.75) is 26.2 Å². The van der Waals surface area contributed by atoms with Crippen LogP contribution in [0.5, 0.6) is 0 Å². The van der Waals surface area contributed by atoms with Crippen molar-refractivity contribution in [2.75, 3.05) is 11.1 Å². The quantitative estimate of drug-likeness (QED) is 0.481. The third-order valence-corrected chi connectivity index (χ3v) is 2.88. The Kier molecular flexibility index (Phi) is 5.14. The summed E-state index contributed by atoms with van der Waals surface area (Å²) in [5.74, 6) is -0.273. The molecule has 0 aliphatic carbocycles. The predicted molar refractivity (Wildman–Crippen MR) is 79.8 cm³/mol. The number of anilines is 1. The van der Waals surface area contributed by atoms with Crippen LogP contribution < -0.4 is 16.8 Å². The molecule has 0 aliphatic heterocycles. The van der Waals surface area contributed by atoms with E-state index in [0.29, 0.717) is 0 Å². The smallest absolute Gasteiger partial charge is 0.237 e. The number of amides is 1. The van der Waals surface area contributed by atoms with E-state index in [-0.39, 0.29) is 34.1 Å². The molecule has 1 amide bonds. The molecule has 0 fully saturated rings. The van der Waals surface area contributed by atoms with Gasteiger partial charge in [-0.15, -0.1) is 0 Å². The highest BCUT2D eigenvalue weighted by Crippen LogP contribution is 2.23. The van der Waals surface area contributed by atoms with Crippen LogP contribution in [0.25, 0.3) is 0 Å². The molecular weight excluding hydrogens is 280 g/mol. The predicted octanol–water partition coefficient (Wildman–Crippen LogP) is 0.852. The number of carbonyl (C=O) groups is 1. The number of carbonyl (C=O) groups excluding carboxylic acids is 1. The standard InChI is InChI=1S/C11H18N6O2S/c1-11(2,3)6-4-8(19-17-6)15-7(18)5-20-10(14)16-9(12)13/h4H,5H2,1-3H3,(H,15,18)(H5,12,13,14,16). The van der Waals surface area contributed by atoms with Crippen molar-refractivity contribution < 1.29 is 9.32 Å². The van der Waals surface area contributed by atoms with Crippen molar-refractivity contribution in [3.05, 3.63) is 11.8 Å². The first-order valence-electron chi connectivity index (χ1n) is 5.76. The Balaban J connectivity index is 2.49. The minimum Gasteiger partial charge on any atom is -0.370 e. The van der Waals surface area contributed by atoms with Gasteiger partial charge in [0.05, 0.1) is 11.4 Å². The summed E-state index contributed by atoms with van der Waals surface area (Å²) in [7, 11) is 0. The zero-order valence-corrected chi connectivity index (χ0v) is 12.4. The Morgan fingerprint density at radius 2 is 2.20 bits per heavy atom. The summed E-state index contributed by atoms with van der Waals surface area (Å²) in [5.41, 5.74) is 10.8. The minimum atomic E-state index is -0.331. The molecule has 1 aromatic heterocycles. The van der Waals surface area contributed by atoms with Gasteiger partial charge in [0.2, 0.25) is 11.8 Å². The van der Waals surface area contributed by atoms with E-state index < -0.39 is 0 Å². The Labute approximate surface area is 120 Å². The van der Waals surface area contributed by atoms with Crippen LogP contribution in [0.2, 0.25) is 0 Å². The second-order valence-corrected chi connectivity index (χ2v) is 5.97. The maximum absolute atomic E-state index is 11.6. The van der Waals surface area contributed by atoms with Crippen LogP contribution in [0, 0.1) is 5.41 Å². The average molecular weight is 298 g/mol. The van der Waals surface area contributed by atoms with Crippen LogP contribution >= 0.6 is 11.8 Å². The molecular formula is C11H18N6O2S. The third kappa shape index (κ3) is 5.31. The van der Waals surface area contributed by atoms with Crippen molar-refractivity contribution in [2.24, 2.45) is 16.5 Å². The first-order valence-corrected chi connectivity index (χ1v) is 6.75. The molecule has 1 heterocycles. The van der Waals surface area contributed by atoms with Gasteiger partial charge in [0.1, 0.15) is 0 Å². The van der Waals surface area contributed by atoms with Gasteiger partial charge in [-0.2, -0.15) is 4.99 Å². The van der Waals surface area contributed by atoms with Crippen molar-refractivity contribution >= 4 is 34.7 Å². The number of amidine groups is 1. The number of aliphatic imine (C=N–C) groups is 1. The normalized spacial score (nSPS) is 10.9. The van der Waals surface area contributed by atoms with Crippen LogP contribution in [0.3, 0.4) is 0 Å². The lowest BCUT2D eigenvalue weighted by atomic mass is 9.92. The minimum absolute atomic E-state index is 0.00116. The Bertz CT molecular complexity index is 527. The third-order valence-electron chi connectivity index (χ3n) is 2.11. The number of nitrogens with one attached hydrogen (secondary N) is 2. The fourth-order valence-electron chi connectivity index (χ4n) is 1.14. The molecule has 8 nitrogen and oxygen atoms in total. The lowest BCUT2D eigenvalue weighted by Crippen LogP contribution is -2.24. The summed E-state index contributed by atoms with van der Waals surface area (Å²) in [6, 6.07) is 1.67.